The van der Waals surface area contributed by atoms with Crippen LogP contribution in [0.5, 0.6) is 0 Å². The minimum absolute atomic E-state index is 0.0600. The van der Waals surface area contributed by atoms with Crippen molar-refractivity contribution in [2.45, 2.75) is 57.8 Å². The minimum atomic E-state index is -0.674. The standard InChI is InChI=1S/C67H52N4/c1-65(2,3)46-28-36-58-56(40-46)57-41-47(66(4,5)6)29-37-59(57)67(58)63-52-34-30-50(70(48-19-10-8-11-20-48)61-24-16-14-18-45(61)42-68)38-43(52)26-32-54(63)55-33-27-44-39-51(31-35-53(44)64(55)67)71(49-21-12-9-13-22-49)62-25-17-15-23-60(62)69-7/h8-41H,1-6H3. The molecular formula is C67H52N4. The van der Waals surface area contributed by atoms with E-state index in [1.165, 1.54) is 66.4 Å². The second-order valence-electron chi connectivity index (χ2n) is 21.1. The van der Waals surface area contributed by atoms with E-state index in [1.807, 2.05) is 60.7 Å². The van der Waals surface area contributed by atoms with Crippen molar-refractivity contribution in [3.05, 3.63) is 257 Å². The van der Waals surface area contributed by atoms with Crippen molar-refractivity contribution in [3.8, 4) is 28.3 Å². The number of para-hydroxylation sites is 5. The van der Waals surface area contributed by atoms with Crippen molar-refractivity contribution in [1.82, 2.24) is 0 Å². The Labute approximate surface area is 417 Å². The molecule has 1 spiro atoms. The van der Waals surface area contributed by atoms with E-state index in [-0.39, 0.29) is 10.8 Å². The largest absolute Gasteiger partial charge is 0.320 e. The molecule has 0 atom stereocenters. The Hall–Kier alpha value is -8.70. The van der Waals surface area contributed by atoms with Gasteiger partial charge in [0.2, 0.25) is 5.69 Å². The van der Waals surface area contributed by atoms with Crippen LogP contribution in [0.2, 0.25) is 0 Å². The highest BCUT2D eigenvalue weighted by atomic mass is 15.2. The highest BCUT2D eigenvalue weighted by Gasteiger charge is 2.54. The lowest BCUT2D eigenvalue weighted by Gasteiger charge is -2.34. The summed E-state index contributed by atoms with van der Waals surface area (Å²) in [6.07, 6.45) is 0. The second-order valence-corrected chi connectivity index (χ2v) is 21.1. The molecule has 2 aliphatic rings. The Kier molecular flexibility index (Phi) is 9.94. The normalized spacial score (nSPS) is 13.0. The van der Waals surface area contributed by atoms with Crippen LogP contribution in [0.1, 0.15) is 80.5 Å². The molecule has 0 saturated carbocycles. The summed E-state index contributed by atoms with van der Waals surface area (Å²) in [5.74, 6) is 0. The molecule has 0 radical (unpaired) electrons. The fourth-order valence-corrected chi connectivity index (χ4v) is 11.6. The van der Waals surface area contributed by atoms with Crippen molar-refractivity contribution in [1.29, 1.82) is 5.26 Å². The van der Waals surface area contributed by atoms with Gasteiger partial charge in [-0.3, -0.25) is 0 Å². The summed E-state index contributed by atoms with van der Waals surface area (Å²) in [4.78, 5) is 8.40. The molecule has 4 nitrogen and oxygen atoms in total. The van der Waals surface area contributed by atoms with Crippen molar-refractivity contribution >= 4 is 61.4 Å². The fraction of sp³-hybridized carbons (Fsp3) is 0.134. The third-order valence-electron chi connectivity index (χ3n) is 15.0. The van der Waals surface area contributed by atoms with E-state index in [2.05, 4.69) is 208 Å². The third-order valence-corrected chi connectivity index (χ3v) is 15.0. The van der Waals surface area contributed by atoms with E-state index in [1.54, 1.807) is 0 Å². The number of benzene rings is 10. The Morgan fingerprint density at radius 3 is 1.37 bits per heavy atom. The Balaban J connectivity index is 1.16. The SMILES string of the molecule is [C-]#[N+]c1ccccc1N(c1ccccc1)c1ccc2c3c(ccc2c1)-c1ccc2cc(N(c4ccccc4)c4ccccc4C#N)ccc2c1C31c2ccc(C(C)(C)C)cc2-c2cc(C(C)(C)C)ccc21. The number of nitrogens with zero attached hydrogens (tertiary/aromatic N) is 4. The third kappa shape index (κ3) is 6.71. The molecule has 71 heavy (non-hydrogen) atoms. The molecule has 0 aliphatic heterocycles. The highest BCUT2D eigenvalue weighted by Crippen LogP contribution is 2.66. The predicted molar refractivity (Wildman–Crippen MR) is 295 cm³/mol. The van der Waals surface area contributed by atoms with Gasteiger partial charge >= 0.3 is 0 Å². The first-order chi connectivity index (χ1) is 34.4. The summed E-state index contributed by atoms with van der Waals surface area (Å²) in [6, 6.07) is 76.6. The summed E-state index contributed by atoms with van der Waals surface area (Å²) in [7, 11) is 0. The van der Waals surface area contributed by atoms with Crippen LogP contribution in [-0.2, 0) is 16.2 Å². The van der Waals surface area contributed by atoms with Crippen molar-refractivity contribution in [2.75, 3.05) is 9.80 Å². The summed E-state index contributed by atoms with van der Waals surface area (Å²) in [5.41, 5.74) is 18.9. The number of rotatable bonds is 6. The van der Waals surface area contributed by atoms with Crippen LogP contribution in [0.4, 0.5) is 39.8 Å². The lowest BCUT2D eigenvalue weighted by atomic mass is 9.68. The van der Waals surface area contributed by atoms with Gasteiger partial charge in [-0.25, -0.2) is 4.85 Å². The quantitative estimate of drug-likeness (QED) is 0.156. The van der Waals surface area contributed by atoms with Gasteiger partial charge < -0.3 is 9.80 Å². The van der Waals surface area contributed by atoms with Crippen molar-refractivity contribution < 1.29 is 0 Å². The molecule has 0 heterocycles. The zero-order valence-corrected chi connectivity index (χ0v) is 40.9. The van der Waals surface area contributed by atoms with E-state index in [0.717, 1.165) is 44.9 Å². The van der Waals surface area contributed by atoms with Crippen molar-refractivity contribution in [3.63, 3.8) is 0 Å². The molecule has 10 aromatic rings. The summed E-state index contributed by atoms with van der Waals surface area (Å²) >= 11 is 0. The Bertz CT molecular complexity index is 3620. The van der Waals surface area contributed by atoms with Gasteiger partial charge in [0, 0.05) is 22.7 Å². The van der Waals surface area contributed by atoms with Gasteiger partial charge in [0.05, 0.1) is 28.9 Å². The maximum Gasteiger partial charge on any atom is 0.210 e. The molecule has 0 unspecified atom stereocenters. The molecule has 0 fully saturated rings. The first-order valence-corrected chi connectivity index (χ1v) is 24.5. The summed E-state index contributed by atoms with van der Waals surface area (Å²) in [5, 5.41) is 15.0. The van der Waals surface area contributed by atoms with Crippen LogP contribution in [0.15, 0.2) is 206 Å². The molecule has 0 N–H and O–H groups in total. The number of anilines is 6. The van der Waals surface area contributed by atoms with Gasteiger partial charge in [0.15, 0.2) is 0 Å². The average molecular weight is 913 g/mol. The highest BCUT2D eigenvalue weighted by molar-refractivity contribution is 6.10. The first kappa shape index (κ1) is 43.6. The molecule has 0 bridgehead atoms. The van der Waals surface area contributed by atoms with E-state index in [4.69, 9.17) is 6.57 Å². The molecule has 0 saturated heterocycles. The van der Waals surface area contributed by atoms with Gasteiger partial charge in [-0.2, -0.15) is 5.26 Å². The lowest BCUT2D eigenvalue weighted by Crippen LogP contribution is -2.27. The fourth-order valence-electron chi connectivity index (χ4n) is 11.6. The molecule has 4 heteroatoms. The predicted octanol–water partition coefficient (Wildman–Crippen LogP) is 18.3. The van der Waals surface area contributed by atoms with Crippen LogP contribution in [0, 0.1) is 17.9 Å². The van der Waals surface area contributed by atoms with E-state index < -0.39 is 5.41 Å². The van der Waals surface area contributed by atoms with Crippen LogP contribution in [0.3, 0.4) is 0 Å². The molecule has 0 amide bonds. The summed E-state index contributed by atoms with van der Waals surface area (Å²) < 4.78 is 0. The molecule has 10 aromatic carbocycles. The zero-order valence-electron chi connectivity index (χ0n) is 40.9. The topological polar surface area (TPSA) is 34.6 Å². The number of fused-ring (bicyclic) bond motifs is 14. The van der Waals surface area contributed by atoms with Gasteiger partial charge in [-0.1, -0.05) is 181 Å². The van der Waals surface area contributed by atoms with E-state index >= 15 is 0 Å². The number of nitriles is 1. The summed E-state index contributed by atoms with van der Waals surface area (Å²) in [6.45, 7) is 22.0. The van der Waals surface area contributed by atoms with E-state index in [9.17, 15) is 5.26 Å². The van der Waals surface area contributed by atoms with Crippen LogP contribution < -0.4 is 9.80 Å². The van der Waals surface area contributed by atoms with Crippen LogP contribution in [0.25, 0.3) is 48.6 Å². The molecular weight excluding hydrogens is 861 g/mol. The Morgan fingerprint density at radius 1 is 0.437 bits per heavy atom. The van der Waals surface area contributed by atoms with Crippen LogP contribution in [-0.4, -0.2) is 0 Å². The van der Waals surface area contributed by atoms with Gasteiger partial charge in [-0.15, -0.1) is 0 Å². The second kappa shape index (κ2) is 16.2. The average Bonchev–Trinajstić information content (AvgIpc) is 3.86. The minimum Gasteiger partial charge on any atom is -0.320 e. The first-order valence-electron chi connectivity index (χ1n) is 24.5. The van der Waals surface area contributed by atoms with Gasteiger partial charge in [0.25, 0.3) is 0 Å². The van der Waals surface area contributed by atoms with Crippen molar-refractivity contribution in [2.24, 2.45) is 0 Å². The Morgan fingerprint density at radius 2 is 0.887 bits per heavy atom. The van der Waals surface area contributed by atoms with Gasteiger partial charge in [0.1, 0.15) is 6.07 Å². The molecule has 0 aromatic heterocycles. The number of hydrogen-bond acceptors (Lipinski definition) is 3. The lowest BCUT2D eigenvalue weighted by molar-refractivity contribution is 0.589. The van der Waals surface area contributed by atoms with Gasteiger partial charge in [-0.05, 0) is 155 Å². The van der Waals surface area contributed by atoms with Crippen LogP contribution >= 0.6 is 0 Å². The molecule has 12 rings (SSSR count). The smallest absolute Gasteiger partial charge is 0.210 e. The van der Waals surface area contributed by atoms with E-state index in [0.29, 0.717) is 11.3 Å². The zero-order chi connectivity index (χ0) is 48.8. The maximum atomic E-state index is 10.4. The monoisotopic (exact) mass is 912 g/mol. The number of hydrogen-bond donors (Lipinski definition) is 0. The molecule has 340 valence electrons. The maximum absolute atomic E-state index is 10.4. The molecule has 2 aliphatic carbocycles.